The lowest BCUT2D eigenvalue weighted by Crippen LogP contribution is -2.32. The molecule has 1 unspecified atom stereocenters. The minimum atomic E-state index is 0.532. The summed E-state index contributed by atoms with van der Waals surface area (Å²) in [5.41, 5.74) is 2.12. The molecule has 4 rings (SSSR count). The number of imidazole rings is 1. The molecule has 2 fully saturated rings. The van der Waals surface area contributed by atoms with E-state index in [0.717, 1.165) is 49.8 Å². The minimum Gasteiger partial charge on any atom is -0.317 e. The SMILES string of the molecule is c1cnc2c(c1)nc(C1CCCNC1)n2CC1CCNCC1. The molecule has 0 radical (unpaired) electrons. The van der Waals surface area contributed by atoms with Crippen LogP contribution in [0.1, 0.15) is 37.4 Å². The highest BCUT2D eigenvalue weighted by molar-refractivity contribution is 5.71. The van der Waals surface area contributed by atoms with Crippen LogP contribution < -0.4 is 10.6 Å². The van der Waals surface area contributed by atoms with E-state index >= 15 is 0 Å². The van der Waals surface area contributed by atoms with Crippen LogP contribution in [0.25, 0.3) is 11.2 Å². The first kappa shape index (κ1) is 14.2. The second kappa shape index (κ2) is 6.34. The van der Waals surface area contributed by atoms with Gasteiger partial charge in [0.25, 0.3) is 0 Å². The van der Waals surface area contributed by atoms with E-state index in [4.69, 9.17) is 4.98 Å². The third kappa shape index (κ3) is 2.75. The maximum Gasteiger partial charge on any atom is 0.160 e. The van der Waals surface area contributed by atoms with Crippen LogP contribution in [0.3, 0.4) is 0 Å². The maximum absolute atomic E-state index is 4.95. The van der Waals surface area contributed by atoms with Crippen molar-refractivity contribution >= 4 is 11.2 Å². The zero-order valence-electron chi connectivity index (χ0n) is 13.1. The molecule has 22 heavy (non-hydrogen) atoms. The maximum atomic E-state index is 4.95. The first-order valence-corrected chi connectivity index (χ1v) is 8.64. The summed E-state index contributed by atoms with van der Waals surface area (Å²) in [5.74, 6) is 2.53. The molecular formula is C17H25N5. The number of fused-ring (bicyclic) bond motifs is 1. The summed E-state index contributed by atoms with van der Waals surface area (Å²) >= 11 is 0. The zero-order chi connectivity index (χ0) is 14.8. The van der Waals surface area contributed by atoms with Crippen molar-refractivity contribution in [2.75, 3.05) is 26.2 Å². The van der Waals surface area contributed by atoms with Crippen LogP contribution in [0.2, 0.25) is 0 Å². The number of piperidine rings is 2. The molecule has 0 aromatic carbocycles. The Kier molecular flexibility index (Phi) is 4.08. The van der Waals surface area contributed by atoms with Gasteiger partial charge in [-0.3, -0.25) is 0 Å². The highest BCUT2D eigenvalue weighted by Crippen LogP contribution is 2.28. The number of pyridine rings is 1. The monoisotopic (exact) mass is 299 g/mol. The molecule has 2 N–H and O–H groups in total. The molecule has 5 heteroatoms. The van der Waals surface area contributed by atoms with Crippen molar-refractivity contribution in [1.82, 2.24) is 25.2 Å². The first-order valence-electron chi connectivity index (χ1n) is 8.64. The Bertz CT molecular complexity index is 623. The Morgan fingerprint density at radius 2 is 2.05 bits per heavy atom. The molecular weight excluding hydrogens is 274 g/mol. The average Bonchev–Trinajstić information content (AvgIpc) is 2.95. The standard InChI is InChI=1S/C17H25N5/c1-3-14(11-19-7-1)16-21-15-4-2-8-20-17(15)22(16)12-13-5-9-18-10-6-13/h2,4,8,13-14,18-19H,1,3,5-7,9-12H2. The normalized spacial score (nSPS) is 23.9. The van der Waals surface area contributed by atoms with Crippen molar-refractivity contribution in [3.63, 3.8) is 0 Å². The van der Waals surface area contributed by atoms with Crippen LogP contribution in [0.15, 0.2) is 18.3 Å². The molecule has 2 aromatic rings. The van der Waals surface area contributed by atoms with Crippen LogP contribution in [0.5, 0.6) is 0 Å². The molecule has 0 bridgehead atoms. The summed E-state index contributed by atoms with van der Waals surface area (Å²) in [4.78, 5) is 9.57. The summed E-state index contributed by atoms with van der Waals surface area (Å²) in [7, 11) is 0. The molecule has 0 saturated carbocycles. The van der Waals surface area contributed by atoms with Gasteiger partial charge in [0.1, 0.15) is 11.3 Å². The van der Waals surface area contributed by atoms with E-state index in [9.17, 15) is 0 Å². The Labute approximate surface area is 131 Å². The van der Waals surface area contributed by atoms with Gasteiger partial charge < -0.3 is 15.2 Å². The van der Waals surface area contributed by atoms with E-state index in [1.165, 1.54) is 31.5 Å². The Morgan fingerprint density at radius 3 is 2.86 bits per heavy atom. The second-order valence-electron chi connectivity index (χ2n) is 6.66. The van der Waals surface area contributed by atoms with E-state index in [1.54, 1.807) is 0 Å². The number of nitrogens with zero attached hydrogens (tertiary/aromatic N) is 3. The van der Waals surface area contributed by atoms with E-state index in [2.05, 4.69) is 26.3 Å². The fourth-order valence-electron chi connectivity index (χ4n) is 3.86. The van der Waals surface area contributed by atoms with Crippen LogP contribution >= 0.6 is 0 Å². The molecule has 2 aliphatic heterocycles. The largest absolute Gasteiger partial charge is 0.317 e. The predicted octanol–water partition coefficient (Wildman–Crippen LogP) is 1.90. The molecule has 0 aliphatic carbocycles. The van der Waals surface area contributed by atoms with Gasteiger partial charge in [0.05, 0.1) is 0 Å². The van der Waals surface area contributed by atoms with Gasteiger partial charge in [-0.1, -0.05) is 0 Å². The number of hydrogen-bond acceptors (Lipinski definition) is 4. The summed E-state index contributed by atoms with van der Waals surface area (Å²) < 4.78 is 2.42. The van der Waals surface area contributed by atoms with Crippen molar-refractivity contribution in [1.29, 1.82) is 0 Å². The van der Waals surface area contributed by atoms with E-state index in [0.29, 0.717) is 5.92 Å². The van der Waals surface area contributed by atoms with Gasteiger partial charge in [-0.05, 0) is 63.4 Å². The van der Waals surface area contributed by atoms with Gasteiger partial charge in [-0.2, -0.15) is 0 Å². The molecule has 2 saturated heterocycles. The van der Waals surface area contributed by atoms with Crippen molar-refractivity contribution in [2.24, 2.45) is 5.92 Å². The van der Waals surface area contributed by atoms with Gasteiger partial charge >= 0.3 is 0 Å². The molecule has 5 nitrogen and oxygen atoms in total. The third-order valence-corrected chi connectivity index (χ3v) is 5.09. The zero-order valence-corrected chi connectivity index (χ0v) is 13.1. The van der Waals surface area contributed by atoms with Gasteiger partial charge in [0.15, 0.2) is 5.65 Å². The van der Waals surface area contributed by atoms with Crippen LogP contribution in [-0.2, 0) is 6.54 Å². The number of hydrogen-bond donors (Lipinski definition) is 2. The first-order chi connectivity index (χ1) is 10.9. The van der Waals surface area contributed by atoms with Crippen molar-refractivity contribution < 1.29 is 0 Å². The average molecular weight is 299 g/mol. The lowest BCUT2D eigenvalue weighted by Gasteiger charge is -2.27. The summed E-state index contributed by atoms with van der Waals surface area (Å²) in [6.07, 6.45) is 6.90. The second-order valence-corrected chi connectivity index (χ2v) is 6.66. The lowest BCUT2D eigenvalue weighted by atomic mass is 9.96. The van der Waals surface area contributed by atoms with E-state index < -0.39 is 0 Å². The van der Waals surface area contributed by atoms with Gasteiger partial charge in [0.2, 0.25) is 0 Å². The summed E-state index contributed by atoms with van der Waals surface area (Å²) in [6.45, 7) is 5.55. The smallest absolute Gasteiger partial charge is 0.160 e. The predicted molar refractivity (Wildman–Crippen MR) is 88.0 cm³/mol. The summed E-state index contributed by atoms with van der Waals surface area (Å²) in [5, 5.41) is 6.98. The van der Waals surface area contributed by atoms with Crippen LogP contribution in [-0.4, -0.2) is 40.7 Å². The van der Waals surface area contributed by atoms with Crippen molar-refractivity contribution in [3.8, 4) is 0 Å². The third-order valence-electron chi connectivity index (χ3n) is 5.09. The molecule has 118 valence electrons. The van der Waals surface area contributed by atoms with Crippen molar-refractivity contribution in [3.05, 3.63) is 24.2 Å². The Balaban J connectivity index is 1.69. The number of nitrogens with one attached hydrogen (secondary N) is 2. The van der Waals surface area contributed by atoms with E-state index in [-0.39, 0.29) is 0 Å². The van der Waals surface area contributed by atoms with Crippen LogP contribution in [0, 0.1) is 5.92 Å². The highest BCUT2D eigenvalue weighted by atomic mass is 15.1. The van der Waals surface area contributed by atoms with Gasteiger partial charge in [0, 0.05) is 25.2 Å². The fraction of sp³-hybridized carbons (Fsp3) is 0.647. The van der Waals surface area contributed by atoms with E-state index in [1.807, 2.05) is 12.3 Å². The van der Waals surface area contributed by atoms with Crippen LogP contribution in [0.4, 0.5) is 0 Å². The molecule has 2 aliphatic rings. The quantitative estimate of drug-likeness (QED) is 0.909. The summed E-state index contributed by atoms with van der Waals surface area (Å²) in [6, 6.07) is 4.09. The molecule has 2 aromatic heterocycles. The topological polar surface area (TPSA) is 54.8 Å². The van der Waals surface area contributed by atoms with Gasteiger partial charge in [-0.25, -0.2) is 9.97 Å². The fourth-order valence-corrected chi connectivity index (χ4v) is 3.86. The molecule has 0 amide bonds. The van der Waals surface area contributed by atoms with Gasteiger partial charge in [-0.15, -0.1) is 0 Å². The lowest BCUT2D eigenvalue weighted by molar-refractivity contribution is 0.325. The Morgan fingerprint density at radius 1 is 1.14 bits per heavy atom. The number of aromatic nitrogens is 3. The van der Waals surface area contributed by atoms with Crippen molar-refractivity contribution in [2.45, 2.75) is 38.1 Å². The highest BCUT2D eigenvalue weighted by Gasteiger charge is 2.24. The molecule has 4 heterocycles. The minimum absolute atomic E-state index is 0.532. The molecule has 0 spiro atoms. The molecule has 1 atom stereocenters. The number of rotatable bonds is 3. The Hall–Kier alpha value is -1.46.